The Morgan fingerprint density at radius 3 is 2.05 bits per heavy atom. The van der Waals surface area contributed by atoms with E-state index in [1.807, 2.05) is 67.5 Å². The van der Waals surface area contributed by atoms with Gasteiger partial charge in [0.25, 0.3) is 0 Å². The zero-order chi connectivity index (χ0) is 14.8. The van der Waals surface area contributed by atoms with Gasteiger partial charge in [0.1, 0.15) is 5.82 Å². The minimum atomic E-state index is 0.503. The lowest BCUT2D eigenvalue weighted by Crippen LogP contribution is -2.14. The lowest BCUT2D eigenvalue weighted by molar-refractivity contribution is 0.987. The molecule has 21 heavy (non-hydrogen) atoms. The molecule has 0 aliphatic rings. The largest absolute Gasteiger partial charge is 0.361 e. The Labute approximate surface area is 129 Å². The highest BCUT2D eigenvalue weighted by atomic mass is 35.5. The fourth-order valence-electron chi connectivity index (χ4n) is 2.37. The second kappa shape index (κ2) is 5.62. The van der Waals surface area contributed by atoms with Crippen LogP contribution in [0.5, 0.6) is 0 Å². The van der Waals surface area contributed by atoms with Crippen LogP contribution in [0, 0.1) is 0 Å². The van der Waals surface area contributed by atoms with E-state index >= 15 is 0 Å². The Bertz CT molecular complexity index is 733. The van der Waals surface area contributed by atoms with E-state index in [1.54, 1.807) is 0 Å². The average molecular weight is 298 g/mol. The normalized spacial score (nSPS) is 10.6. The Morgan fingerprint density at radius 2 is 1.48 bits per heavy atom. The lowest BCUT2D eigenvalue weighted by atomic mass is 10.2. The molecule has 3 nitrogen and oxygen atoms in total. The molecule has 1 aromatic heterocycles. The summed E-state index contributed by atoms with van der Waals surface area (Å²) in [6, 6.07) is 20.2. The molecule has 0 aliphatic heterocycles. The van der Waals surface area contributed by atoms with E-state index in [-0.39, 0.29) is 0 Å². The summed E-state index contributed by atoms with van der Waals surface area (Å²) in [5.74, 6) is 1.72. The van der Waals surface area contributed by atoms with Gasteiger partial charge < -0.3 is 4.90 Å². The molecule has 106 valence electrons. The molecule has 0 atom stereocenters. The number of anilines is 1. The van der Waals surface area contributed by atoms with Crippen LogP contribution in [-0.2, 0) is 0 Å². The third-order valence-corrected chi connectivity index (χ3v) is 3.54. The fraction of sp³-hybridized carbons (Fsp3) is 0.118. The molecule has 0 spiro atoms. The van der Waals surface area contributed by atoms with E-state index in [0.717, 1.165) is 22.9 Å². The zero-order valence-corrected chi connectivity index (χ0v) is 12.7. The molecule has 0 aliphatic carbocycles. The molecule has 3 rings (SSSR count). The van der Waals surface area contributed by atoms with Crippen LogP contribution in [0.2, 0.25) is 5.15 Å². The third kappa shape index (κ3) is 2.52. The van der Waals surface area contributed by atoms with Crippen molar-refractivity contribution in [2.45, 2.75) is 0 Å². The van der Waals surface area contributed by atoms with Gasteiger partial charge in [0.15, 0.2) is 11.0 Å². The van der Waals surface area contributed by atoms with Crippen molar-refractivity contribution in [2.24, 2.45) is 0 Å². The summed E-state index contributed by atoms with van der Waals surface area (Å²) >= 11 is 6.37. The first-order valence-corrected chi connectivity index (χ1v) is 7.12. The second-order valence-corrected chi connectivity index (χ2v) is 5.34. The minimum Gasteiger partial charge on any atom is -0.361 e. The summed E-state index contributed by atoms with van der Waals surface area (Å²) in [4.78, 5) is 6.55. The fourth-order valence-corrected chi connectivity index (χ4v) is 2.71. The molecule has 0 saturated carbocycles. The van der Waals surface area contributed by atoms with Crippen LogP contribution in [0.4, 0.5) is 5.82 Å². The maximum atomic E-state index is 6.37. The van der Waals surface area contributed by atoms with Crippen molar-refractivity contribution in [1.29, 1.82) is 0 Å². The number of imidazole rings is 1. The Balaban J connectivity index is 2.29. The van der Waals surface area contributed by atoms with E-state index < -0.39 is 0 Å². The van der Waals surface area contributed by atoms with Gasteiger partial charge in [0, 0.05) is 25.3 Å². The van der Waals surface area contributed by atoms with Crippen LogP contribution >= 0.6 is 11.6 Å². The second-order valence-electron chi connectivity index (χ2n) is 4.98. The first-order valence-electron chi connectivity index (χ1n) is 6.75. The Morgan fingerprint density at radius 1 is 0.905 bits per heavy atom. The molecule has 4 heteroatoms. The maximum absolute atomic E-state index is 6.37. The molecule has 0 N–H and O–H groups in total. The van der Waals surface area contributed by atoms with Gasteiger partial charge in [-0.1, -0.05) is 60.1 Å². The predicted molar refractivity (Wildman–Crippen MR) is 88.3 cm³/mol. The molecule has 0 saturated heterocycles. The van der Waals surface area contributed by atoms with Gasteiger partial charge in [-0.05, 0) is 12.1 Å². The number of halogens is 1. The van der Waals surface area contributed by atoms with Crippen LogP contribution in [0.3, 0.4) is 0 Å². The smallest absolute Gasteiger partial charge is 0.172 e. The van der Waals surface area contributed by atoms with E-state index in [4.69, 9.17) is 11.6 Å². The first-order chi connectivity index (χ1) is 10.2. The van der Waals surface area contributed by atoms with Gasteiger partial charge in [-0.2, -0.15) is 0 Å². The van der Waals surface area contributed by atoms with E-state index in [0.29, 0.717) is 5.15 Å². The van der Waals surface area contributed by atoms with Crippen LogP contribution < -0.4 is 4.90 Å². The summed E-state index contributed by atoms with van der Waals surface area (Å²) in [5, 5.41) is 0.503. The standard InChI is InChI=1S/C17H16ClN3/c1-20(2)17-15(18)19-16(13-9-5-3-6-10-13)21(17)14-11-7-4-8-12-14/h3-12H,1-2H3. The van der Waals surface area contributed by atoms with Crippen molar-refractivity contribution >= 4 is 17.4 Å². The molecular weight excluding hydrogens is 282 g/mol. The molecule has 1 heterocycles. The van der Waals surface area contributed by atoms with Crippen molar-refractivity contribution in [2.75, 3.05) is 19.0 Å². The summed E-state index contributed by atoms with van der Waals surface area (Å²) in [7, 11) is 3.94. The van der Waals surface area contributed by atoms with Gasteiger partial charge >= 0.3 is 0 Å². The zero-order valence-electron chi connectivity index (χ0n) is 12.0. The van der Waals surface area contributed by atoms with Crippen LogP contribution in [0.25, 0.3) is 17.1 Å². The Kier molecular flexibility index (Phi) is 3.67. The highest BCUT2D eigenvalue weighted by Crippen LogP contribution is 2.34. The predicted octanol–water partition coefficient (Wildman–Crippen LogP) is 4.26. The molecule has 0 amide bonds. The number of hydrogen-bond acceptors (Lipinski definition) is 2. The minimum absolute atomic E-state index is 0.503. The molecule has 2 aromatic carbocycles. The molecule has 0 fully saturated rings. The van der Waals surface area contributed by atoms with Crippen LogP contribution in [0.15, 0.2) is 60.7 Å². The van der Waals surface area contributed by atoms with Gasteiger partial charge in [-0.25, -0.2) is 4.98 Å². The molecular formula is C17H16ClN3. The average Bonchev–Trinajstić information content (AvgIpc) is 2.86. The number of benzene rings is 2. The highest BCUT2D eigenvalue weighted by molar-refractivity contribution is 6.32. The van der Waals surface area contributed by atoms with Crippen LogP contribution in [-0.4, -0.2) is 23.6 Å². The van der Waals surface area contributed by atoms with Crippen molar-refractivity contribution < 1.29 is 0 Å². The molecule has 0 radical (unpaired) electrons. The van der Waals surface area contributed by atoms with Gasteiger partial charge in [0.2, 0.25) is 0 Å². The van der Waals surface area contributed by atoms with E-state index in [2.05, 4.69) is 21.7 Å². The Hall–Kier alpha value is -2.26. The molecule has 3 aromatic rings. The third-order valence-electron chi connectivity index (χ3n) is 3.28. The number of nitrogens with zero attached hydrogens (tertiary/aromatic N) is 3. The van der Waals surface area contributed by atoms with E-state index in [1.165, 1.54) is 0 Å². The lowest BCUT2D eigenvalue weighted by Gasteiger charge is -2.17. The SMILES string of the molecule is CN(C)c1c(Cl)nc(-c2ccccc2)n1-c1ccccc1. The quantitative estimate of drug-likeness (QED) is 0.720. The number of para-hydroxylation sites is 1. The number of aromatic nitrogens is 2. The van der Waals surface area contributed by atoms with Crippen molar-refractivity contribution in [3.63, 3.8) is 0 Å². The summed E-state index contributed by atoms with van der Waals surface area (Å²) in [5.41, 5.74) is 2.08. The topological polar surface area (TPSA) is 21.1 Å². The summed E-state index contributed by atoms with van der Waals surface area (Å²) in [6.45, 7) is 0. The summed E-state index contributed by atoms with van der Waals surface area (Å²) in [6.07, 6.45) is 0. The van der Waals surface area contributed by atoms with Gasteiger partial charge in [-0.3, -0.25) is 4.57 Å². The van der Waals surface area contributed by atoms with Gasteiger partial charge in [0.05, 0.1) is 0 Å². The van der Waals surface area contributed by atoms with Crippen LogP contribution in [0.1, 0.15) is 0 Å². The van der Waals surface area contributed by atoms with Crippen molar-refractivity contribution in [1.82, 2.24) is 9.55 Å². The number of rotatable bonds is 3. The first kappa shape index (κ1) is 13.7. The van der Waals surface area contributed by atoms with E-state index in [9.17, 15) is 0 Å². The number of hydrogen-bond donors (Lipinski definition) is 0. The summed E-state index contributed by atoms with van der Waals surface area (Å²) < 4.78 is 2.08. The van der Waals surface area contributed by atoms with Gasteiger partial charge in [-0.15, -0.1) is 0 Å². The van der Waals surface area contributed by atoms with Crippen molar-refractivity contribution in [3.05, 3.63) is 65.8 Å². The highest BCUT2D eigenvalue weighted by Gasteiger charge is 2.19. The molecule has 0 unspecified atom stereocenters. The maximum Gasteiger partial charge on any atom is 0.172 e. The molecule has 0 bridgehead atoms. The monoisotopic (exact) mass is 297 g/mol. The van der Waals surface area contributed by atoms with Crippen molar-refractivity contribution in [3.8, 4) is 17.1 Å².